The molecule has 2 aromatic carbocycles. The van der Waals surface area contributed by atoms with Crippen molar-refractivity contribution >= 4 is 64.0 Å². The zero-order chi connectivity index (χ0) is 20.5. The summed E-state index contributed by atoms with van der Waals surface area (Å²) in [4.78, 5) is 12.0. The van der Waals surface area contributed by atoms with Crippen molar-refractivity contribution in [2.45, 2.75) is 19.6 Å². The van der Waals surface area contributed by atoms with Crippen molar-refractivity contribution in [2.75, 3.05) is 24.2 Å². The van der Waals surface area contributed by atoms with E-state index in [1.54, 1.807) is 36.9 Å². The van der Waals surface area contributed by atoms with Crippen LogP contribution < -0.4 is 10.6 Å². The summed E-state index contributed by atoms with van der Waals surface area (Å²) < 4.78 is 5.08. The third-order valence-corrected chi connectivity index (χ3v) is 5.72. The number of halogens is 2. The number of esters is 1. The topological polar surface area (TPSA) is 50.4 Å². The van der Waals surface area contributed by atoms with Gasteiger partial charge in [-0.05, 0) is 61.5 Å². The lowest BCUT2D eigenvalue weighted by atomic mass is 10.1. The van der Waals surface area contributed by atoms with Gasteiger partial charge < -0.3 is 15.4 Å². The van der Waals surface area contributed by atoms with Crippen LogP contribution >= 0.6 is 47.2 Å². The van der Waals surface area contributed by atoms with E-state index in [1.807, 2.05) is 25.1 Å². The highest BCUT2D eigenvalue weighted by Gasteiger charge is 2.13. The molecule has 0 atom stereocenters. The second kappa shape index (κ2) is 11.5. The molecule has 28 heavy (non-hydrogen) atoms. The number of hydrogen-bond acceptors (Lipinski definition) is 4. The molecule has 0 saturated carbocycles. The van der Waals surface area contributed by atoms with Crippen molar-refractivity contribution in [1.29, 1.82) is 0 Å². The molecule has 2 N–H and O–H groups in total. The van der Waals surface area contributed by atoms with Crippen LogP contribution in [0, 0.1) is 6.92 Å². The molecule has 2 rings (SSSR count). The van der Waals surface area contributed by atoms with Crippen LogP contribution in [-0.4, -0.2) is 30.0 Å². The highest BCUT2D eigenvalue weighted by Crippen LogP contribution is 2.24. The fraction of sp³-hybridized carbons (Fsp3) is 0.300. The Balaban J connectivity index is 1.78. The van der Waals surface area contributed by atoms with E-state index in [2.05, 4.69) is 10.6 Å². The van der Waals surface area contributed by atoms with E-state index >= 15 is 0 Å². The maximum atomic E-state index is 12.0. The van der Waals surface area contributed by atoms with Gasteiger partial charge in [0.2, 0.25) is 0 Å². The van der Waals surface area contributed by atoms with Crippen LogP contribution in [0.15, 0.2) is 36.4 Å². The van der Waals surface area contributed by atoms with E-state index in [0.29, 0.717) is 33.9 Å². The van der Waals surface area contributed by atoms with Crippen LogP contribution in [-0.2, 0) is 10.5 Å². The summed E-state index contributed by atoms with van der Waals surface area (Å²) in [6.45, 7) is 4.70. The molecule has 0 radical (unpaired) electrons. The lowest BCUT2D eigenvalue weighted by molar-refractivity contribution is 0.0525. The summed E-state index contributed by atoms with van der Waals surface area (Å²) in [5.74, 6) is 1.33. The maximum Gasteiger partial charge on any atom is 0.338 e. The van der Waals surface area contributed by atoms with Crippen LogP contribution in [0.25, 0.3) is 0 Å². The number of thiocarbonyl (C=S) groups is 1. The number of hydrogen-bond donors (Lipinski definition) is 2. The number of nitrogens with one attached hydrogen (secondary N) is 2. The minimum Gasteiger partial charge on any atom is -0.462 e. The molecule has 0 aliphatic carbocycles. The van der Waals surface area contributed by atoms with Gasteiger partial charge in [0.25, 0.3) is 0 Å². The Morgan fingerprint density at radius 3 is 2.75 bits per heavy atom. The largest absolute Gasteiger partial charge is 0.462 e. The molecule has 0 aliphatic rings. The summed E-state index contributed by atoms with van der Waals surface area (Å²) in [6, 6.07) is 11.0. The number of thioether (sulfide) groups is 1. The average molecular weight is 457 g/mol. The Kier molecular flexibility index (Phi) is 9.38. The molecule has 0 fully saturated rings. The first-order valence-corrected chi connectivity index (χ1v) is 11.1. The molecule has 0 aromatic heterocycles. The van der Waals surface area contributed by atoms with Gasteiger partial charge in [0.05, 0.1) is 12.2 Å². The van der Waals surface area contributed by atoms with Crippen molar-refractivity contribution in [2.24, 2.45) is 0 Å². The Morgan fingerprint density at radius 2 is 2.04 bits per heavy atom. The predicted molar refractivity (Wildman–Crippen MR) is 124 cm³/mol. The molecule has 8 heteroatoms. The molecular weight excluding hydrogens is 435 g/mol. The first-order valence-electron chi connectivity index (χ1n) is 8.75. The second-order valence-electron chi connectivity index (χ2n) is 5.87. The average Bonchev–Trinajstić information content (AvgIpc) is 2.65. The Morgan fingerprint density at radius 1 is 1.25 bits per heavy atom. The lowest BCUT2D eigenvalue weighted by Crippen LogP contribution is -2.30. The highest BCUT2D eigenvalue weighted by atomic mass is 35.5. The number of anilines is 1. The van der Waals surface area contributed by atoms with Crippen molar-refractivity contribution in [3.63, 3.8) is 0 Å². The van der Waals surface area contributed by atoms with Gasteiger partial charge in [-0.2, -0.15) is 11.8 Å². The maximum absolute atomic E-state index is 12.0. The molecule has 0 bridgehead atoms. The van der Waals surface area contributed by atoms with Gasteiger partial charge in [-0.1, -0.05) is 35.3 Å². The summed E-state index contributed by atoms with van der Waals surface area (Å²) >= 11 is 19.2. The molecular formula is C20H22Cl2N2O2S2. The smallest absolute Gasteiger partial charge is 0.338 e. The third-order valence-electron chi connectivity index (χ3n) is 3.88. The van der Waals surface area contributed by atoms with E-state index in [1.165, 1.54) is 0 Å². The molecule has 0 heterocycles. The summed E-state index contributed by atoms with van der Waals surface area (Å²) in [5, 5.41) is 8.14. The van der Waals surface area contributed by atoms with Crippen molar-refractivity contribution in [3.8, 4) is 0 Å². The summed E-state index contributed by atoms with van der Waals surface area (Å²) in [7, 11) is 0. The van der Waals surface area contributed by atoms with E-state index in [9.17, 15) is 4.79 Å². The van der Waals surface area contributed by atoms with E-state index < -0.39 is 0 Å². The van der Waals surface area contributed by atoms with Gasteiger partial charge in [-0.3, -0.25) is 0 Å². The minimum atomic E-state index is -0.334. The van der Waals surface area contributed by atoms with Gasteiger partial charge in [-0.25, -0.2) is 4.79 Å². The van der Waals surface area contributed by atoms with Crippen LogP contribution in [0.1, 0.15) is 28.4 Å². The first kappa shape index (κ1) is 22.8. The third kappa shape index (κ3) is 6.85. The molecule has 0 aliphatic heterocycles. The van der Waals surface area contributed by atoms with E-state index in [0.717, 1.165) is 28.3 Å². The summed E-state index contributed by atoms with van der Waals surface area (Å²) in [5.41, 5.74) is 3.17. The van der Waals surface area contributed by atoms with Crippen molar-refractivity contribution < 1.29 is 9.53 Å². The molecule has 0 spiro atoms. The normalized spacial score (nSPS) is 10.4. The number of benzene rings is 2. The molecule has 0 unspecified atom stereocenters. The van der Waals surface area contributed by atoms with E-state index in [-0.39, 0.29) is 5.97 Å². The minimum absolute atomic E-state index is 0.334. The van der Waals surface area contributed by atoms with Crippen LogP contribution in [0.5, 0.6) is 0 Å². The van der Waals surface area contributed by atoms with Crippen LogP contribution in [0.3, 0.4) is 0 Å². The number of ether oxygens (including phenoxy) is 1. The van der Waals surface area contributed by atoms with Gasteiger partial charge in [0.1, 0.15) is 0 Å². The van der Waals surface area contributed by atoms with Gasteiger partial charge >= 0.3 is 5.97 Å². The number of rotatable bonds is 8. The highest BCUT2D eigenvalue weighted by molar-refractivity contribution is 7.98. The predicted octanol–water partition coefficient (Wildman–Crippen LogP) is 5.70. The lowest BCUT2D eigenvalue weighted by Gasteiger charge is -2.14. The Hall–Kier alpha value is -1.47. The van der Waals surface area contributed by atoms with Crippen LogP contribution in [0.4, 0.5) is 5.69 Å². The van der Waals surface area contributed by atoms with E-state index in [4.69, 9.17) is 40.2 Å². The standard InChI is InChI=1S/C20H22Cl2N2O2S2/c1-3-26-19(25)16-5-4-6-18(13(16)2)24-20(27)23-9-10-28-12-14-7-8-15(21)11-17(14)22/h4-8,11H,3,9-10,12H2,1-2H3,(H2,23,24,27). The quantitative estimate of drug-likeness (QED) is 0.301. The molecule has 0 saturated heterocycles. The zero-order valence-electron chi connectivity index (χ0n) is 15.7. The van der Waals surface area contributed by atoms with Crippen molar-refractivity contribution in [3.05, 3.63) is 63.1 Å². The zero-order valence-corrected chi connectivity index (χ0v) is 18.8. The first-order chi connectivity index (χ1) is 13.4. The molecule has 2 aromatic rings. The second-order valence-corrected chi connectivity index (χ2v) is 8.22. The monoisotopic (exact) mass is 456 g/mol. The number of carbonyl (C=O) groups excluding carboxylic acids is 1. The fourth-order valence-corrected chi connectivity index (χ4v) is 4.05. The van der Waals surface area contributed by atoms with Crippen molar-refractivity contribution in [1.82, 2.24) is 5.32 Å². The van der Waals surface area contributed by atoms with Gasteiger partial charge in [0.15, 0.2) is 5.11 Å². The summed E-state index contributed by atoms with van der Waals surface area (Å²) in [6.07, 6.45) is 0. The molecule has 150 valence electrons. The van der Waals surface area contributed by atoms with Gasteiger partial charge in [0, 0.05) is 33.8 Å². The molecule has 0 amide bonds. The molecule has 4 nitrogen and oxygen atoms in total. The number of carbonyl (C=O) groups is 1. The Labute approximate surface area is 185 Å². The van der Waals surface area contributed by atoms with Crippen LogP contribution in [0.2, 0.25) is 10.0 Å². The van der Waals surface area contributed by atoms with Gasteiger partial charge in [-0.15, -0.1) is 0 Å². The SMILES string of the molecule is CCOC(=O)c1cccc(NC(=S)NCCSCc2ccc(Cl)cc2Cl)c1C. The fourth-order valence-electron chi connectivity index (χ4n) is 2.43. The Bertz CT molecular complexity index is 847.